The minimum Gasteiger partial charge on any atom is -0.481 e. The van der Waals surface area contributed by atoms with Gasteiger partial charge in [0.15, 0.2) is 0 Å². The van der Waals surface area contributed by atoms with E-state index in [-0.39, 0.29) is 30.9 Å². The molecular formula is C21H27F3N4O6. The highest BCUT2D eigenvalue weighted by molar-refractivity contribution is 5.86. The molecule has 188 valence electrons. The van der Waals surface area contributed by atoms with Gasteiger partial charge in [-0.3, -0.25) is 14.6 Å². The van der Waals surface area contributed by atoms with Gasteiger partial charge in [-0.15, -0.1) is 0 Å². The maximum Gasteiger partial charge on any atom is 0.490 e. The van der Waals surface area contributed by atoms with Crippen LogP contribution in [0.3, 0.4) is 0 Å². The van der Waals surface area contributed by atoms with Crippen LogP contribution < -0.4 is 5.32 Å². The van der Waals surface area contributed by atoms with Gasteiger partial charge in [-0.05, 0) is 37.0 Å². The van der Waals surface area contributed by atoms with Gasteiger partial charge < -0.3 is 25.3 Å². The molecule has 0 bridgehead atoms. The summed E-state index contributed by atoms with van der Waals surface area (Å²) >= 11 is 0. The van der Waals surface area contributed by atoms with Crippen molar-refractivity contribution >= 4 is 23.9 Å². The molecule has 3 amide bonds. The molecule has 1 atom stereocenters. The summed E-state index contributed by atoms with van der Waals surface area (Å²) in [6.07, 6.45) is -0.970. The van der Waals surface area contributed by atoms with Crippen molar-refractivity contribution in [3.8, 4) is 0 Å². The van der Waals surface area contributed by atoms with Crippen LogP contribution in [0.5, 0.6) is 0 Å². The van der Waals surface area contributed by atoms with Crippen LogP contribution in [0.25, 0.3) is 0 Å². The second-order valence-electron chi connectivity index (χ2n) is 7.97. The molecule has 3 rings (SSSR count). The third-order valence-electron chi connectivity index (χ3n) is 5.65. The molecule has 0 aliphatic carbocycles. The first-order valence-electron chi connectivity index (χ1n) is 10.7. The van der Waals surface area contributed by atoms with Gasteiger partial charge in [0.1, 0.15) is 0 Å². The van der Waals surface area contributed by atoms with E-state index in [2.05, 4.69) is 17.2 Å². The number of nitrogens with zero attached hydrogens (tertiary/aromatic N) is 3. The van der Waals surface area contributed by atoms with Crippen molar-refractivity contribution in [3.05, 3.63) is 29.6 Å². The molecule has 3 heterocycles. The number of amides is 3. The van der Waals surface area contributed by atoms with E-state index in [4.69, 9.17) is 15.0 Å². The molecular weight excluding hydrogens is 461 g/mol. The van der Waals surface area contributed by atoms with Gasteiger partial charge in [-0.25, -0.2) is 9.59 Å². The molecule has 2 aliphatic rings. The van der Waals surface area contributed by atoms with Gasteiger partial charge in [-0.2, -0.15) is 13.2 Å². The number of hydrogen-bond acceptors (Lipinski definition) is 5. The molecule has 34 heavy (non-hydrogen) atoms. The fourth-order valence-corrected chi connectivity index (χ4v) is 3.75. The fourth-order valence-electron chi connectivity index (χ4n) is 3.75. The number of urea groups is 1. The number of piperidine rings is 1. The maximum atomic E-state index is 12.4. The van der Waals surface area contributed by atoms with Gasteiger partial charge in [-0.1, -0.05) is 6.92 Å². The quantitative estimate of drug-likeness (QED) is 0.575. The molecule has 13 heteroatoms. The van der Waals surface area contributed by atoms with Crippen LogP contribution in [0.2, 0.25) is 0 Å². The van der Waals surface area contributed by atoms with Crippen LogP contribution in [-0.2, 0) is 27.3 Å². The van der Waals surface area contributed by atoms with Crippen LogP contribution >= 0.6 is 0 Å². The van der Waals surface area contributed by atoms with E-state index < -0.39 is 24.0 Å². The van der Waals surface area contributed by atoms with Gasteiger partial charge in [0.05, 0.1) is 18.2 Å². The summed E-state index contributed by atoms with van der Waals surface area (Å²) in [5.41, 5.74) is 2.02. The molecule has 10 nitrogen and oxygen atoms in total. The number of aryl methyl sites for hydroxylation is 1. The van der Waals surface area contributed by atoms with Crippen molar-refractivity contribution in [2.24, 2.45) is 5.92 Å². The maximum absolute atomic E-state index is 12.4. The molecule has 2 aliphatic heterocycles. The highest BCUT2D eigenvalue weighted by Gasteiger charge is 2.39. The Balaban J connectivity index is 0.000000509. The highest BCUT2D eigenvalue weighted by atomic mass is 19.4. The van der Waals surface area contributed by atoms with E-state index in [1.54, 1.807) is 16.0 Å². The molecule has 2 saturated heterocycles. The summed E-state index contributed by atoms with van der Waals surface area (Å²) in [6.45, 7) is 3.86. The summed E-state index contributed by atoms with van der Waals surface area (Å²) in [4.78, 5) is 52.2. The Kier molecular flexibility index (Phi) is 9.21. The van der Waals surface area contributed by atoms with E-state index in [0.717, 1.165) is 12.1 Å². The molecule has 1 aromatic rings. The Morgan fingerprint density at radius 2 is 1.82 bits per heavy atom. The van der Waals surface area contributed by atoms with Crippen molar-refractivity contribution in [2.45, 2.75) is 51.4 Å². The summed E-state index contributed by atoms with van der Waals surface area (Å²) in [5, 5.41) is 19.1. The second kappa shape index (κ2) is 11.7. The molecule has 3 N–H and O–H groups in total. The number of halogens is 3. The molecule has 1 unspecified atom stereocenters. The lowest BCUT2D eigenvalue weighted by atomic mass is 10.0. The number of carbonyl (C=O) groups is 4. The molecule has 0 saturated carbocycles. The van der Waals surface area contributed by atoms with Gasteiger partial charge in [0.25, 0.3) is 0 Å². The smallest absolute Gasteiger partial charge is 0.481 e. The van der Waals surface area contributed by atoms with Crippen molar-refractivity contribution in [1.29, 1.82) is 0 Å². The number of carboxylic acids is 2. The first kappa shape index (κ1) is 26.9. The van der Waals surface area contributed by atoms with Crippen LogP contribution in [0.1, 0.15) is 37.4 Å². The first-order chi connectivity index (χ1) is 15.9. The third kappa shape index (κ3) is 7.59. The number of alkyl halides is 3. The van der Waals surface area contributed by atoms with Crippen LogP contribution in [0, 0.1) is 5.92 Å². The van der Waals surface area contributed by atoms with Crippen molar-refractivity contribution < 1.29 is 42.6 Å². The average molecular weight is 488 g/mol. The lowest BCUT2D eigenvalue weighted by Gasteiger charge is -2.36. The first-order valence-corrected chi connectivity index (χ1v) is 10.7. The Labute approximate surface area is 193 Å². The zero-order chi connectivity index (χ0) is 25.5. The number of hydrogen-bond donors (Lipinski definition) is 3. The second-order valence-corrected chi connectivity index (χ2v) is 7.97. The van der Waals surface area contributed by atoms with Crippen molar-refractivity contribution in [1.82, 2.24) is 20.1 Å². The van der Waals surface area contributed by atoms with Crippen LogP contribution in [-0.4, -0.2) is 80.7 Å². The summed E-state index contributed by atoms with van der Waals surface area (Å²) in [5.74, 6) is -4.37. The highest BCUT2D eigenvalue weighted by Crippen LogP contribution is 2.25. The number of pyridine rings is 1. The third-order valence-corrected chi connectivity index (χ3v) is 5.65. The summed E-state index contributed by atoms with van der Waals surface area (Å²) in [6, 6.07) is 3.84. The Morgan fingerprint density at radius 3 is 2.32 bits per heavy atom. The zero-order valence-corrected chi connectivity index (χ0v) is 18.5. The summed E-state index contributed by atoms with van der Waals surface area (Å²) in [7, 11) is 0. The van der Waals surface area contributed by atoms with Gasteiger partial charge >= 0.3 is 24.1 Å². The standard InChI is InChI=1S/C19H26N4O4.C2HF3O2/c1-2-13-3-6-20-15(9-13)11-21-19(27)22-7-4-16(5-8-22)23-12-14(18(25)26)10-17(23)24;3-2(4,5)1(6)7/h3,6,9,14,16H,2,4-5,7-8,10-12H2,1H3,(H,21,27)(H,25,26);(H,6,7). The summed E-state index contributed by atoms with van der Waals surface area (Å²) < 4.78 is 31.7. The minimum atomic E-state index is -5.08. The van der Waals surface area contributed by atoms with Crippen molar-refractivity contribution in [2.75, 3.05) is 19.6 Å². The SMILES string of the molecule is CCc1ccnc(CNC(=O)N2CCC(N3CC(C(=O)O)CC3=O)CC2)c1.O=C(O)C(F)(F)F. The molecule has 0 aromatic carbocycles. The Bertz CT molecular complexity index is 903. The normalized spacial score (nSPS) is 18.8. The molecule has 0 spiro atoms. The number of aromatic nitrogens is 1. The van der Waals surface area contributed by atoms with Crippen LogP contribution in [0.4, 0.5) is 18.0 Å². The molecule has 2 fully saturated rings. The number of carbonyl (C=O) groups excluding carboxylic acids is 2. The predicted molar refractivity (Wildman–Crippen MR) is 112 cm³/mol. The van der Waals surface area contributed by atoms with E-state index in [0.29, 0.717) is 32.5 Å². The predicted octanol–water partition coefficient (Wildman–Crippen LogP) is 1.88. The number of likely N-dealkylation sites (tertiary alicyclic amines) is 2. The number of carboxylic acid groups (broad SMARTS) is 2. The van der Waals surface area contributed by atoms with E-state index in [1.807, 2.05) is 12.1 Å². The molecule has 1 aromatic heterocycles. The number of rotatable bonds is 5. The zero-order valence-electron chi connectivity index (χ0n) is 18.5. The minimum absolute atomic E-state index is 0.0220. The van der Waals surface area contributed by atoms with E-state index in [1.165, 1.54) is 5.56 Å². The van der Waals surface area contributed by atoms with Crippen LogP contribution in [0.15, 0.2) is 18.3 Å². The Hall–Kier alpha value is -3.38. The van der Waals surface area contributed by atoms with Gasteiger partial charge in [0, 0.05) is 38.3 Å². The number of nitrogens with one attached hydrogen (secondary N) is 1. The lowest BCUT2D eigenvalue weighted by molar-refractivity contribution is -0.192. The molecule has 0 radical (unpaired) electrons. The van der Waals surface area contributed by atoms with Crippen molar-refractivity contribution in [3.63, 3.8) is 0 Å². The largest absolute Gasteiger partial charge is 0.490 e. The topological polar surface area (TPSA) is 140 Å². The fraction of sp³-hybridized carbons (Fsp3) is 0.571. The lowest BCUT2D eigenvalue weighted by Crippen LogP contribution is -2.49. The van der Waals surface area contributed by atoms with E-state index >= 15 is 0 Å². The van der Waals surface area contributed by atoms with E-state index in [9.17, 15) is 27.6 Å². The Morgan fingerprint density at radius 1 is 1.21 bits per heavy atom. The number of aliphatic carboxylic acids is 2. The average Bonchev–Trinajstić information content (AvgIpc) is 3.19. The van der Waals surface area contributed by atoms with Gasteiger partial charge in [0.2, 0.25) is 5.91 Å². The monoisotopic (exact) mass is 488 g/mol.